The zero-order chi connectivity index (χ0) is 33.5. The van der Waals surface area contributed by atoms with E-state index < -0.39 is 77.5 Å². The number of nitrogens with zero attached hydrogens (tertiary/aromatic N) is 3. The number of aliphatic carboxylic acids is 1. The van der Waals surface area contributed by atoms with Crippen molar-refractivity contribution >= 4 is 17.8 Å². The minimum absolute atomic E-state index is 0.0227. The number of hydrogen-bond acceptors (Lipinski definition) is 12. The Balaban J connectivity index is 1.16. The number of nitrogens with two attached hydrogens (primary N) is 1. The first-order valence-corrected chi connectivity index (χ1v) is 16.8. The number of carboxylic acids is 1. The first-order chi connectivity index (χ1) is 22.2. The van der Waals surface area contributed by atoms with E-state index in [9.17, 15) is 29.6 Å². The Kier molecular flexibility index (Phi) is 8.26. The highest BCUT2D eigenvalue weighted by Crippen LogP contribution is 2.48. The maximum absolute atomic E-state index is 16.6. The number of amides is 1. The molecule has 0 radical (unpaired) electrons. The van der Waals surface area contributed by atoms with E-state index in [1.165, 1.54) is 6.20 Å². The lowest BCUT2D eigenvalue weighted by Crippen LogP contribution is -2.78. The standard InChI is InChI=1S/C31H45FN6O9/c1-31(2,3)47-30(42)34-13-6-7-36(11-13)26-23(32)24(33)22-25-28(26)46-21-9-17-20(10-18(21)37(25)12-15(27(22)39)29(40)41)45-19-8-14(38(43)44)4-5-16(19)35-17/h12-14,16-26,28,35H,4-11,33H2,1-3H3,(H,34,42)(H,40,41)/t13-,14?,16?,17?,18?,19?,20?,21?,22?,23?,24?,25?,26?,28?/m0/s1. The van der Waals surface area contributed by atoms with E-state index in [0.29, 0.717) is 51.6 Å². The molecule has 0 aromatic carbocycles. The number of nitrogens with one attached hydrogen (secondary N) is 2. The number of ether oxygens (including phenoxy) is 3. The second-order valence-corrected chi connectivity index (χ2v) is 15.3. The Bertz CT molecular complexity index is 1340. The molecule has 3 aliphatic carbocycles. The summed E-state index contributed by atoms with van der Waals surface area (Å²) in [6.45, 7) is 6.12. The number of hydrogen-bond donors (Lipinski definition) is 4. The summed E-state index contributed by atoms with van der Waals surface area (Å²) in [5, 5.41) is 28.1. The zero-order valence-electron chi connectivity index (χ0n) is 26.8. The highest BCUT2D eigenvalue weighted by atomic mass is 19.1. The molecule has 0 spiro atoms. The number of alkyl carbamates (subject to hydrolysis) is 1. The highest BCUT2D eigenvalue weighted by Gasteiger charge is 2.64. The molecule has 16 heteroatoms. The van der Waals surface area contributed by atoms with Crippen molar-refractivity contribution in [3.63, 3.8) is 0 Å². The van der Waals surface area contributed by atoms with E-state index in [0.717, 1.165) is 0 Å². The van der Waals surface area contributed by atoms with Gasteiger partial charge in [0.1, 0.15) is 17.3 Å². The summed E-state index contributed by atoms with van der Waals surface area (Å²) in [5.41, 5.74) is 5.41. The number of fused-ring (bicyclic) bond motifs is 4. The van der Waals surface area contributed by atoms with Gasteiger partial charge in [0.2, 0.25) is 6.04 Å². The van der Waals surface area contributed by atoms with Crippen molar-refractivity contribution in [3.05, 3.63) is 21.9 Å². The Morgan fingerprint density at radius 3 is 2.57 bits per heavy atom. The Labute approximate surface area is 271 Å². The number of likely N-dealkylation sites (tertiary alicyclic amines) is 1. The minimum atomic E-state index is -1.69. The second kappa shape index (κ2) is 11.9. The fourth-order valence-electron chi connectivity index (χ4n) is 9.34. The van der Waals surface area contributed by atoms with Crippen molar-refractivity contribution in [2.24, 2.45) is 11.7 Å². The molecule has 4 heterocycles. The van der Waals surface area contributed by atoms with Crippen LogP contribution in [-0.4, -0.2) is 135 Å². The monoisotopic (exact) mass is 664 g/mol. The van der Waals surface area contributed by atoms with Crippen LogP contribution in [0.25, 0.3) is 0 Å². The molecule has 0 bridgehead atoms. The number of carbonyl (C=O) groups is 3. The van der Waals surface area contributed by atoms with Gasteiger partial charge in [0.25, 0.3) is 0 Å². The molecule has 47 heavy (non-hydrogen) atoms. The van der Waals surface area contributed by atoms with Gasteiger partial charge >= 0.3 is 12.1 Å². The molecule has 3 saturated carbocycles. The molecule has 1 amide bonds. The molecule has 0 aromatic rings. The third-order valence-corrected chi connectivity index (χ3v) is 11.3. The molecule has 7 aliphatic rings. The predicted octanol–water partition coefficient (Wildman–Crippen LogP) is 0.324. The number of carbonyl (C=O) groups excluding carboxylic acids is 2. The van der Waals surface area contributed by atoms with Crippen LogP contribution in [0.2, 0.25) is 0 Å². The van der Waals surface area contributed by atoms with Crippen LogP contribution in [0.3, 0.4) is 0 Å². The minimum Gasteiger partial charge on any atom is -0.478 e. The van der Waals surface area contributed by atoms with E-state index in [1.54, 1.807) is 20.8 Å². The normalized spacial score (nSPS) is 44.7. The number of Topliss-reactive ketones (excluding diaryl/α,β-unsaturated/α-hetero) is 1. The van der Waals surface area contributed by atoms with Crippen LogP contribution in [0.4, 0.5) is 9.18 Å². The Morgan fingerprint density at radius 1 is 1.13 bits per heavy atom. The Hall–Kier alpha value is -2.92. The summed E-state index contributed by atoms with van der Waals surface area (Å²) in [6, 6.07) is -4.26. The fourth-order valence-corrected chi connectivity index (χ4v) is 9.34. The van der Waals surface area contributed by atoms with E-state index in [1.807, 2.05) is 9.80 Å². The van der Waals surface area contributed by atoms with Gasteiger partial charge in [-0.2, -0.15) is 0 Å². The first-order valence-electron chi connectivity index (χ1n) is 16.8. The fraction of sp³-hybridized carbons (Fsp3) is 0.839. The van der Waals surface area contributed by atoms with Crippen LogP contribution in [0.5, 0.6) is 0 Å². The molecule has 6 fully saturated rings. The van der Waals surface area contributed by atoms with Crippen LogP contribution >= 0.6 is 0 Å². The quantitative estimate of drug-likeness (QED) is 0.182. The van der Waals surface area contributed by atoms with Gasteiger partial charge in [0.15, 0.2) is 5.78 Å². The average Bonchev–Trinajstić information content (AvgIpc) is 3.44. The lowest BCUT2D eigenvalue weighted by molar-refractivity contribution is -0.529. The van der Waals surface area contributed by atoms with E-state index in [4.69, 9.17) is 19.9 Å². The van der Waals surface area contributed by atoms with Crippen LogP contribution in [0.1, 0.15) is 59.3 Å². The van der Waals surface area contributed by atoms with Gasteiger partial charge in [-0.1, -0.05) is 0 Å². The SMILES string of the molecule is CC(C)(C)OC(=O)N[C@H]1CCN(C2C(F)C(N)C3C(=O)C(C(=O)O)=CN4C5CC6OC7CC([N+](=O)[O-])CCC7NC6CC5OC2C34)C1. The molecule has 13 unspecified atom stereocenters. The number of ketones is 1. The smallest absolute Gasteiger partial charge is 0.407 e. The Morgan fingerprint density at radius 2 is 1.87 bits per heavy atom. The molecular weight excluding hydrogens is 619 g/mol. The van der Waals surface area contributed by atoms with Gasteiger partial charge < -0.3 is 40.6 Å². The largest absolute Gasteiger partial charge is 0.478 e. The highest BCUT2D eigenvalue weighted by molar-refractivity contribution is 6.18. The van der Waals surface area contributed by atoms with Crippen molar-refractivity contribution in [2.75, 3.05) is 13.1 Å². The molecule has 7 rings (SSSR count). The average molecular weight is 665 g/mol. The lowest BCUT2D eigenvalue weighted by atomic mass is 9.66. The molecule has 260 valence electrons. The maximum atomic E-state index is 16.6. The third-order valence-electron chi connectivity index (χ3n) is 11.3. The number of nitro groups is 1. The van der Waals surface area contributed by atoms with Crippen LogP contribution < -0.4 is 16.4 Å². The topological polar surface area (TPSA) is 199 Å². The van der Waals surface area contributed by atoms with Crippen LogP contribution in [-0.2, 0) is 23.8 Å². The van der Waals surface area contributed by atoms with Crippen molar-refractivity contribution in [2.45, 2.75) is 144 Å². The lowest BCUT2D eigenvalue weighted by Gasteiger charge is -2.63. The number of halogens is 1. The third kappa shape index (κ3) is 5.79. The molecule has 3 saturated heterocycles. The second-order valence-electron chi connectivity index (χ2n) is 15.3. The molecule has 4 aliphatic heterocycles. The van der Waals surface area contributed by atoms with Crippen molar-refractivity contribution < 1.29 is 43.0 Å². The summed E-state index contributed by atoms with van der Waals surface area (Å²) in [5.74, 6) is -3.23. The summed E-state index contributed by atoms with van der Waals surface area (Å²) in [6.07, 6.45) is 0.215. The number of rotatable bonds is 4. The summed E-state index contributed by atoms with van der Waals surface area (Å²) in [4.78, 5) is 53.4. The molecule has 15 nitrogen and oxygen atoms in total. The van der Waals surface area contributed by atoms with Gasteiger partial charge in [-0.25, -0.2) is 14.0 Å². The van der Waals surface area contributed by atoms with Crippen molar-refractivity contribution in [1.29, 1.82) is 0 Å². The summed E-state index contributed by atoms with van der Waals surface area (Å²) in [7, 11) is 0. The number of morpholine rings is 2. The molecular formula is C31H45FN6O9. The van der Waals surface area contributed by atoms with Crippen molar-refractivity contribution in [3.8, 4) is 0 Å². The molecule has 0 aromatic heterocycles. The van der Waals surface area contributed by atoms with Crippen LogP contribution in [0.15, 0.2) is 11.8 Å². The number of alkyl halides is 1. The van der Waals surface area contributed by atoms with Crippen molar-refractivity contribution in [1.82, 2.24) is 20.4 Å². The van der Waals surface area contributed by atoms with Gasteiger partial charge in [0, 0.05) is 61.2 Å². The van der Waals surface area contributed by atoms with E-state index in [2.05, 4.69) is 10.6 Å². The van der Waals surface area contributed by atoms with Gasteiger partial charge in [-0.3, -0.25) is 19.8 Å². The summed E-state index contributed by atoms with van der Waals surface area (Å²) < 4.78 is 35.3. The number of carboxylic acid groups (broad SMARTS) is 1. The molecule has 5 N–H and O–H groups in total. The van der Waals surface area contributed by atoms with Crippen LogP contribution in [0, 0.1) is 16.0 Å². The molecule has 14 atom stereocenters. The maximum Gasteiger partial charge on any atom is 0.407 e. The van der Waals surface area contributed by atoms with Gasteiger partial charge in [0.05, 0.1) is 48.5 Å². The van der Waals surface area contributed by atoms with E-state index >= 15 is 4.39 Å². The summed E-state index contributed by atoms with van der Waals surface area (Å²) >= 11 is 0. The first kappa shape index (κ1) is 32.6. The predicted molar refractivity (Wildman–Crippen MR) is 162 cm³/mol. The zero-order valence-corrected chi connectivity index (χ0v) is 26.8. The van der Waals surface area contributed by atoms with Gasteiger partial charge in [-0.15, -0.1) is 0 Å². The van der Waals surface area contributed by atoms with Gasteiger partial charge in [-0.05, 0) is 46.5 Å². The van der Waals surface area contributed by atoms with E-state index in [-0.39, 0.29) is 41.3 Å².